The molecule has 0 aromatic rings. The summed E-state index contributed by atoms with van der Waals surface area (Å²) in [7, 11) is 1.44. The molecule has 0 bridgehead atoms. The molecule has 0 aliphatic carbocycles. The average molecular weight is 304 g/mol. The Morgan fingerprint density at radius 3 is 2.46 bits per heavy atom. The van der Waals surface area contributed by atoms with Crippen LogP contribution in [0.4, 0.5) is 0 Å². The van der Waals surface area contributed by atoms with E-state index < -0.39 is 24.4 Å². The molecule has 0 spiro atoms. The van der Waals surface area contributed by atoms with E-state index in [2.05, 4.69) is 0 Å². The monoisotopic (exact) mass is 304 g/mol. The van der Waals surface area contributed by atoms with Crippen LogP contribution in [0.1, 0.15) is 0 Å². The molecule has 5 atom stereocenters. The summed E-state index contributed by atoms with van der Waals surface area (Å²) in [5.74, 6) is 0. The van der Waals surface area contributed by atoms with E-state index in [0.717, 1.165) is 0 Å². The highest BCUT2D eigenvalue weighted by molar-refractivity contribution is 14.1. The molecule has 0 aromatic carbocycles. The van der Waals surface area contributed by atoms with E-state index in [9.17, 15) is 10.2 Å². The van der Waals surface area contributed by atoms with Gasteiger partial charge >= 0.3 is 0 Å². The van der Waals surface area contributed by atoms with Crippen LogP contribution in [0.5, 0.6) is 0 Å². The van der Waals surface area contributed by atoms with Crippen molar-refractivity contribution in [2.75, 3.05) is 13.7 Å². The number of ether oxygens (including phenoxy) is 2. The molecule has 78 valence electrons. The van der Waals surface area contributed by atoms with Crippen LogP contribution in [0.25, 0.3) is 0 Å². The highest BCUT2D eigenvalue weighted by Crippen LogP contribution is 2.26. The molecule has 1 fully saturated rings. The van der Waals surface area contributed by atoms with Crippen LogP contribution in [0, 0.1) is 0 Å². The average Bonchev–Trinajstić information content (AvgIpc) is 2.12. The van der Waals surface area contributed by atoms with Gasteiger partial charge in [0.25, 0.3) is 0 Å². The normalized spacial score (nSPS) is 46.4. The number of halogens is 1. The van der Waals surface area contributed by atoms with Crippen molar-refractivity contribution in [3.05, 3.63) is 0 Å². The van der Waals surface area contributed by atoms with E-state index in [1.165, 1.54) is 7.11 Å². The Morgan fingerprint density at radius 2 is 2.00 bits per heavy atom. The van der Waals surface area contributed by atoms with Gasteiger partial charge in [-0.25, -0.2) is 0 Å². The summed E-state index contributed by atoms with van der Waals surface area (Å²) < 4.78 is 9.82. The lowest BCUT2D eigenvalue weighted by Crippen LogP contribution is -2.57. The number of hydrogen-bond acceptors (Lipinski definition) is 5. The zero-order chi connectivity index (χ0) is 10.0. The number of aliphatic hydroxyl groups excluding tert-OH is 3. The van der Waals surface area contributed by atoms with Gasteiger partial charge in [0.2, 0.25) is 0 Å². The van der Waals surface area contributed by atoms with Crippen molar-refractivity contribution in [3.63, 3.8) is 0 Å². The van der Waals surface area contributed by atoms with Crippen LogP contribution in [-0.4, -0.2) is 57.6 Å². The van der Waals surface area contributed by atoms with Crippen molar-refractivity contribution in [3.8, 4) is 0 Å². The fourth-order valence-corrected chi connectivity index (χ4v) is 2.39. The van der Waals surface area contributed by atoms with Crippen molar-refractivity contribution in [1.82, 2.24) is 0 Å². The molecule has 4 unspecified atom stereocenters. The van der Waals surface area contributed by atoms with Crippen LogP contribution in [0.2, 0.25) is 0 Å². The van der Waals surface area contributed by atoms with Gasteiger partial charge in [-0.2, -0.15) is 0 Å². The van der Waals surface area contributed by atoms with Crippen molar-refractivity contribution >= 4 is 22.6 Å². The molecule has 1 rings (SSSR count). The Morgan fingerprint density at radius 1 is 1.38 bits per heavy atom. The van der Waals surface area contributed by atoms with Gasteiger partial charge in [-0.15, -0.1) is 0 Å². The first kappa shape index (κ1) is 11.6. The lowest BCUT2D eigenvalue weighted by atomic mass is 10.0. The van der Waals surface area contributed by atoms with Crippen LogP contribution >= 0.6 is 22.6 Å². The van der Waals surface area contributed by atoms with Crippen LogP contribution in [0.15, 0.2) is 0 Å². The Balaban J connectivity index is 2.66. The lowest BCUT2D eigenvalue weighted by molar-refractivity contribution is -0.208. The van der Waals surface area contributed by atoms with Gasteiger partial charge in [0, 0.05) is 7.11 Å². The van der Waals surface area contributed by atoms with E-state index >= 15 is 0 Å². The summed E-state index contributed by atoms with van der Waals surface area (Å²) in [6.07, 6.45) is -3.40. The molecule has 1 aliphatic heterocycles. The topological polar surface area (TPSA) is 79.2 Å². The second-order valence-corrected chi connectivity index (χ2v) is 4.12. The second kappa shape index (κ2) is 4.85. The molecule has 1 aliphatic rings. The molecule has 5 nitrogen and oxygen atoms in total. The lowest BCUT2D eigenvalue weighted by Gasteiger charge is -2.39. The Bertz CT molecular complexity index is 167. The molecular formula is C7H13IO5. The quantitative estimate of drug-likeness (QED) is 0.445. The minimum atomic E-state index is -1.10. The molecular weight excluding hydrogens is 291 g/mol. The van der Waals surface area contributed by atoms with E-state index in [1.807, 2.05) is 22.6 Å². The van der Waals surface area contributed by atoms with E-state index in [-0.39, 0.29) is 10.7 Å². The highest BCUT2D eigenvalue weighted by Gasteiger charge is 2.43. The van der Waals surface area contributed by atoms with Gasteiger partial charge in [0.1, 0.15) is 28.5 Å². The first-order valence-corrected chi connectivity index (χ1v) is 5.15. The van der Waals surface area contributed by atoms with Crippen LogP contribution in [-0.2, 0) is 9.47 Å². The maximum atomic E-state index is 9.54. The minimum Gasteiger partial charge on any atom is -0.394 e. The van der Waals surface area contributed by atoms with Crippen molar-refractivity contribution in [1.29, 1.82) is 0 Å². The first-order chi connectivity index (χ1) is 6.11. The van der Waals surface area contributed by atoms with E-state index in [0.29, 0.717) is 0 Å². The maximum absolute atomic E-state index is 9.54. The predicted molar refractivity (Wildman–Crippen MR) is 52.6 cm³/mol. The van der Waals surface area contributed by atoms with Gasteiger partial charge in [0.05, 0.1) is 6.61 Å². The summed E-state index contributed by atoms with van der Waals surface area (Å²) in [6.45, 7) is -0.311. The standard InChI is InChI=1S/C7H13IO5/c1-12-6-5(11)4(10)3(2-9)13-7(6)8/h3-7,9-11H,2H2,1H3/t3-,4?,5?,6?,7?/m1/s1. The number of alkyl halides is 1. The van der Waals surface area contributed by atoms with Crippen LogP contribution < -0.4 is 0 Å². The Kier molecular flexibility index (Phi) is 4.33. The van der Waals surface area contributed by atoms with Crippen molar-refractivity contribution in [2.24, 2.45) is 0 Å². The van der Waals surface area contributed by atoms with Gasteiger partial charge in [-0.1, -0.05) is 0 Å². The molecule has 0 amide bonds. The van der Waals surface area contributed by atoms with Crippen molar-refractivity contribution < 1.29 is 24.8 Å². The molecule has 3 N–H and O–H groups in total. The first-order valence-electron chi connectivity index (χ1n) is 3.91. The Hall–Kier alpha value is 0.530. The third-order valence-electron chi connectivity index (χ3n) is 2.08. The molecule has 0 radical (unpaired) electrons. The zero-order valence-corrected chi connectivity index (χ0v) is 9.29. The van der Waals surface area contributed by atoms with Crippen molar-refractivity contribution in [2.45, 2.75) is 28.5 Å². The minimum absolute atomic E-state index is 0.311. The summed E-state index contributed by atoms with van der Waals surface area (Å²) in [4.78, 5) is 0. The largest absolute Gasteiger partial charge is 0.394 e. The molecule has 0 saturated carbocycles. The summed E-state index contributed by atoms with van der Waals surface area (Å²) >= 11 is 1.95. The van der Waals surface area contributed by atoms with Gasteiger partial charge in [0.15, 0.2) is 0 Å². The third kappa shape index (κ3) is 2.31. The van der Waals surface area contributed by atoms with Gasteiger partial charge in [-0.3, -0.25) is 0 Å². The van der Waals surface area contributed by atoms with E-state index in [1.54, 1.807) is 0 Å². The Labute approximate surface area is 89.8 Å². The molecule has 1 saturated heterocycles. The number of methoxy groups -OCH3 is 1. The third-order valence-corrected chi connectivity index (χ3v) is 3.09. The maximum Gasteiger partial charge on any atom is 0.138 e. The highest BCUT2D eigenvalue weighted by atomic mass is 127. The molecule has 0 aromatic heterocycles. The zero-order valence-electron chi connectivity index (χ0n) is 7.13. The molecule has 1 heterocycles. The summed E-state index contributed by atoms with van der Waals surface area (Å²) in [6, 6.07) is 0. The van der Waals surface area contributed by atoms with Crippen LogP contribution in [0.3, 0.4) is 0 Å². The van der Waals surface area contributed by atoms with Gasteiger partial charge < -0.3 is 24.8 Å². The summed E-state index contributed by atoms with van der Waals surface area (Å²) in [5, 5.41) is 27.8. The second-order valence-electron chi connectivity index (χ2n) is 2.89. The molecule has 6 heteroatoms. The number of rotatable bonds is 2. The smallest absolute Gasteiger partial charge is 0.138 e. The fraction of sp³-hybridized carbons (Fsp3) is 1.00. The molecule has 13 heavy (non-hydrogen) atoms. The summed E-state index contributed by atoms with van der Waals surface area (Å²) in [5.41, 5.74) is 0. The fourth-order valence-electron chi connectivity index (χ4n) is 1.29. The van der Waals surface area contributed by atoms with Gasteiger partial charge in [-0.05, 0) is 22.6 Å². The SMILES string of the molecule is COC1C(I)O[C@H](CO)C(O)C1O. The van der Waals surface area contributed by atoms with E-state index in [4.69, 9.17) is 14.6 Å². The number of aliphatic hydroxyl groups is 3. The number of hydrogen-bond donors (Lipinski definition) is 3. The predicted octanol–water partition coefficient (Wildman–Crippen LogP) is -1.12.